The maximum atomic E-state index is 13.6. The quantitative estimate of drug-likeness (QED) is 0.683. The molecule has 0 atom stereocenters. The number of benzene rings is 1. The number of anilines is 1. The van der Waals surface area contributed by atoms with Crippen LogP contribution in [0.15, 0.2) is 36.0 Å². The van der Waals surface area contributed by atoms with Crippen molar-refractivity contribution in [3.05, 3.63) is 41.9 Å². The molecule has 1 aliphatic rings. The third-order valence-electron chi connectivity index (χ3n) is 4.15. The van der Waals surface area contributed by atoms with Gasteiger partial charge in [0.1, 0.15) is 17.5 Å². The fourth-order valence-corrected chi connectivity index (χ4v) is 2.61. The summed E-state index contributed by atoms with van der Waals surface area (Å²) in [5.74, 6) is -0.775. The van der Waals surface area contributed by atoms with Gasteiger partial charge >= 0.3 is 0 Å². The van der Waals surface area contributed by atoms with Crippen LogP contribution in [0.2, 0.25) is 0 Å². The second kappa shape index (κ2) is 7.75. The van der Waals surface area contributed by atoms with E-state index in [1.807, 2.05) is 6.07 Å². The Hall–Kier alpha value is -2.39. The molecule has 1 aromatic rings. The number of hydrogen-bond donors (Lipinski definition) is 1. The molecule has 0 saturated carbocycles. The number of nitrogens with zero attached hydrogens (tertiary/aromatic N) is 3. The van der Waals surface area contributed by atoms with Crippen LogP contribution < -0.4 is 5.32 Å². The highest BCUT2D eigenvalue weighted by Crippen LogP contribution is 2.17. The lowest BCUT2D eigenvalue weighted by Crippen LogP contribution is -2.44. The summed E-state index contributed by atoms with van der Waals surface area (Å²) in [6.45, 7) is 1.86. The van der Waals surface area contributed by atoms with Crippen molar-refractivity contribution in [2.24, 2.45) is 0 Å². The van der Waals surface area contributed by atoms with Gasteiger partial charge < -0.3 is 15.1 Å². The predicted molar refractivity (Wildman–Crippen MR) is 87.0 cm³/mol. The SMILES string of the molecule is CN1CCC(N(C)C(=O)/C(C#N)=C\Nc2ccccc2F)CC1. The molecule has 1 heterocycles. The van der Waals surface area contributed by atoms with Crippen LogP contribution in [0.5, 0.6) is 0 Å². The molecular formula is C17H21FN4O. The van der Waals surface area contributed by atoms with Crippen molar-refractivity contribution < 1.29 is 9.18 Å². The second-order valence-corrected chi connectivity index (χ2v) is 5.74. The first-order valence-corrected chi connectivity index (χ1v) is 7.60. The van der Waals surface area contributed by atoms with Crippen molar-refractivity contribution in [2.45, 2.75) is 18.9 Å². The lowest BCUT2D eigenvalue weighted by Gasteiger charge is -2.34. The molecular weight excluding hydrogens is 295 g/mol. The molecule has 1 N–H and O–H groups in total. The number of halogens is 1. The Morgan fingerprint density at radius 3 is 2.70 bits per heavy atom. The molecule has 23 heavy (non-hydrogen) atoms. The standard InChI is InChI=1S/C17H21FN4O/c1-21-9-7-14(8-10-21)22(2)17(23)13(11-19)12-20-16-6-4-3-5-15(16)18/h3-6,12,14,20H,7-10H2,1-2H3/b13-12-. The monoisotopic (exact) mass is 316 g/mol. The molecule has 5 nitrogen and oxygen atoms in total. The van der Waals surface area contributed by atoms with E-state index in [0.29, 0.717) is 0 Å². The van der Waals surface area contributed by atoms with Crippen LogP contribution in [0, 0.1) is 17.1 Å². The van der Waals surface area contributed by atoms with Crippen molar-refractivity contribution >= 4 is 11.6 Å². The smallest absolute Gasteiger partial charge is 0.266 e. The first-order valence-electron chi connectivity index (χ1n) is 7.60. The van der Waals surface area contributed by atoms with Crippen LogP contribution in [0.3, 0.4) is 0 Å². The van der Waals surface area contributed by atoms with E-state index >= 15 is 0 Å². The Balaban J connectivity index is 2.04. The summed E-state index contributed by atoms with van der Waals surface area (Å²) >= 11 is 0. The van der Waals surface area contributed by atoms with Gasteiger partial charge in [0.15, 0.2) is 0 Å². The highest BCUT2D eigenvalue weighted by atomic mass is 19.1. The number of amides is 1. The van der Waals surface area contributed by atoms with Crippen molar-refractivity contribution in [2.75, 3.05) is 32.5 Å². The fraction of sp³-hybridized carbons (Fsp3) is 0.412. The zero-order valence-corrected chi connectivity index (χ0v) is 13.4. The summed E-state index contributed by atoms with van der Waals surface area (Å²) in [6.07, 6.45) is 3.04. The number of rotatable bonds is 4. The summed E-state index contributed by atoms with van der Waals surface area (Å²) in [4.78, 5) is 16.3. The number of para-hydroxylation sites is 1. The highest BCUT2D eigenvalue weighted by molar-refractivity contribution is 5.97. The lowest BCUT2D eigenvalue weighted by atomic mass is 10.0. The summed E-state index contributed by atoms with van der Waals surface area (Å²) < 4.78 is 13.6. The van der Waals surface area contributed by atoms with Crippen LogP contribution in [-0.4, -0.2) is 48.9 Å². The number of hydrogen-bond acceptors (Lipinski definition) is 4. The molecule has 0 aromatic heterocycles. The number of likely N-dealkylation sites (tertiary alicyclic amines) is 1. The number of piperidine rings is 1. The topological polar surface area (TPSA) is 59.4 Å². The predicted octanol–water partition coefficient (Wildman–Crippen LogP) is 2.20. The highest BCUT2D eigenvalue weighted by Gasteiger charge is 2.25. The minimum Gasteiger partial charge on any atom is -0.358 e. The van der Waals surface area contributed by atoms with Gasteiger partial charge in [-0.2, -0.15) is 5.26 Å². The van der Waals surface area contributed by atoms with Crippen LogP contribution in [0.25, 0.3) is 0 Å². The van der Waals surface area contributed by atoms with Crippen molar-refractivity contribution in [1.82, 2.24) is 9.80 Å². The minimum absolute atomic E-state index is 0.0327. The molecule has 6 heteroatoms. The summed E-state index contributed by atoms with van der Waals surface area (Å²) in [6, 6.07) is 8.14. The Kier molecular flexibility index (Phi) is 5.72. The Labute approximate surface area is 136 Å². The molecule has 1 aromatic carbocycles. The third kappa shape index (κ3) is 4.30. The number of carbonyl (C=O) groups is 1. The van der Waals surface area contributed by atoms with Gasteiger partial charge in [0.25, 0.3) is 5.91 Å². The van der Waals surface area contributed by atoms with Crippen LogP contribution >= 0.6 is 0 Å². The molecule has 0 unspecified atom stereocenters. The lowest BCUT2D eigenvalue weighted by molar-refractivity contribution is -0.128. The summed E-state index contributed by atoms with van der Waals surface area (Å²) in [5.41, 5.74) is 0.199. The van der Waals surface area contributed by atoms with Crippen molar-refractivity contribution in [3.8, 4) is 6.07 Å². The molecule has 0 aliphatic carbocycles. The number of nitriles is 1. The number of likely N-dealkylation sites (N-methyl/N-ethyl adjacent to an activating group) is 1. The van der Waals surface area contributed by atoms with Gasteiger partial charge in [-0.3, -0.25) is 4.79 Å². The Morgan fingerprint density at radius 1 is 1.43 bits per heavy atom. The zero-order valence-electron chi connectivity index (χ0n) is 13.4. The molecule has 1 saturated heterocycles. The average molecular weight is 316 g/mol. The van der Waals surface area contributed by atoms with Gasteiger partial charge in [-0.05, 0) is 45.1 Å². The van der Waals surface area contributed by atoms with Gasteiger partial charge in [0.05, 0.1) is 5.69 Å². The maximum Gasteiger partial charge on any atom is 0.266 e. The van der Waals surface area contributed by atoms with Gasteiger partial charge in [0.2, 0.25) is 0 Å². The maximum absolute atomic E-state index is 13.6. The van der Waals surface area contributed by atoms with E-state index in [9.17, 15) is 14.4 Å². The van der Waals surface area contributed by atoms with E-state index < -0.39 is 5.82 Å². The second-order valence-electron chi connectivity index (χ2n) is 5.74. The molecule has 1 amide bonds. The molecule has 0 radical (unpaired) electrons. The van der Waals surface area contributed by atoms with Gasteiger partial charge in [-0.25, -0.2) is 4.39 Å². The Bertz CT molecular complexity index is 630. The van der Waals surface area contributed by atoms with E-state index in [1.165, 1.54) is 12.3 Å². The van der Waals surface area contributed by atoms with Gasteiger partial charge in [0, 0.05) is 19.3 Å². The largest absolute Gasteiger partial charge is 0.358 e. The van der Waals surface area contributed by atoms with E-state index in [4.69, 9.17) is 0 Å². The van der Waals surface area contributed by atoms with Gasteiger partial charge in [-0.15, -0.1) is 0 Å². The molecule has 1 fully saturated rings. The minimum atomic E-state index is -0.433. The molecule has 0 spiro atoms. The molecule has 122 valence electrons. The van der Waals surface area contributed by atoms with Crippen LogP contribution in [0.1, 0.15) is 12.8 Å². The van der Waals surface area contributed by atoms with E-state index in [-0.39, 0.29) is 23.2 Å². The molecule has 2 rings (SSSR count). The number of carbonyl (C=O) groups excluding carboxylic acids is 1. The zero-order chi connectivity index (χ0) is 16.8. The third-order valence-corrected chi connectivity index (χ3v) is 4.15. The van der Waals surface area contributed by atoms with Crippen molar-refractivity contribution in [3.63, 3.8) is 0 Å². The average Bonchev–Trinajstić information content (AvgIpc) is 2.56. The van der Waals surface area contributed by atoms with E-state index in [0.717, 1.165) is 25.9 Å². The van der Waals surface area contributed by atoms with Gasteiger partial charge in [-0.1, -0.05) is 12.1 Å². The first kappa shape index (κ1) is 17.0. The summed E-state index contributed by atoms with van der Waals surface area (Å²) in [7, 11) is 3.77. The molecule has 1 aliphatic heterocycles. The first-order chi connectivity index (χ1) is 11.0. The summed E-state index contributed by atoms with van der Waals surface area (Å²) in [5, 5.41) is 11.9. The molecule has 0 bridgehead atoms. The van der Waals surface area contributed by atoms with Crippen LogP contribution in [-0.2, 0) is 4.79 Å². The Morgan fingerprint density at radius 2 is 2.09 bits per heavy atom. The van der Waals surface area contributed by atoms with E-state index in [2.05, 4.69) is 17.3 Å². The van der Waals surface area contributed by atoms with Crippen molar-refractivity contribution in [1.29, 1.82) is 5.26 Å². The van der Waals surface area contributed by atoms with E-state index in [1.54, 1.807) is 30.1 Å². The van der Waals surface area contributed by atoms with Crippen LogP contribution in [0.4, 0.5) is 10.1 Å². The number of nitrogens with one attached hydrogen (secondary N) is 1. The fourth-order valence-electron chi connectivity index (χ4n) is 2.61. The normalized spacial score (nSPS) is 16.7.